The first-order valence-corrected chi connectivity index (χ1v) is 8.52. The van der Waals surface area contributed by atoms with E-state index in [1.165, 1.54) is 12.8 Å². The molecular weight excluding hydrogens is 248 g/mol. The van der Waals surface area contributed by atoms with Crippen LogP contribution in [0.3, 0.4) is 0 Å². The van der Waals surface area contributed by atoms with Gasteiger partial charge >= 0.3 is 0 Å². The van der Waals surface area contributed by atoms with Gasteiger partial charge in [-0.15, -0.1) is 0 Å². The minimum absolute atomic E-state index is 0.153. The van der Waals surface area contributed by atoms with Crippen LogP contribution >= 0.6 is 0 Å². The van der Waals surface area contributed by atoms with Gasteiger partial charge in [-0.2, -0.15) is 0 Å². The van der Waals surface area contributed by atoms with Crippen molar-refractivity contribution in [2.24, 2.45) is 11.3 Å². The molecular formula is C17H34N2O. The van der Waals surface area contributed by atoms with Crippen molar-refractivity contribution in [1.82, 2.24) is 10.6 Å². The van der Waals surface area contributed by atoms with Gasteiger partial charge in [-0.25, -0.2) is 0 Å². The van der Waals surface area contributed by atoms with Crippen LogP contribution < -0.4 is 10.6 Å². The predicted molar refractivity (Wildman–Crippen MR) is 85.7 cm³/mol. The number of carbonyl (C=O) groups excluding carboxylic acids is 1. The summed E-state index contributed by atoms with van der Waals surface area (Å²) in [6, 6.07) is 0.303. The van der Waals surface area contributed by atoms with Crippen LogP contribution in [0.2, 0.25) is 0 Å². The third kappa shape index (κ3) is 5.43. The quantitative estimate of drug-likeness (QED) is 0.715. The molecule has 1 amide bonds. The van der Waals surface area contributed by atoms with Crippen LogP contribution in [-0.4, -0.2) is 25.0 Å². The molecule has 1 aliphatic heterocycles. The number of rotatable bonds is 8. The monoisotopic (exact) mass is 282 g/mol. The van der Waals surface area contributed by atoms with E-state index in [2.05, 4.69) is 38.3 Å². The molecule has 0 aromatic carbocycles. The van der Waals surface area contributed by atoms with Crippen molar-refractivity contribution in [3.63, 3.8) is 0 Å². The Bertz CT molecular complexity index is 277. The summed E-state index contributed by atoms with van der Waals surface area (Å²) >= 11 is 0. The predicted octanol–water partition coefficient (Wildman–Crippen LogP) is 3.49. The zero-order valence-corrected chi connectivity index (χ0v) is 13.9. The summed E-state index contributed by atoms with van der Waals surface area (Å²) in [6.07, 6.45) is 7.80. The SMILES string of the molecule is CCCC1(C(=O)NC(C)CCCC(C)C)CCCNC1. The normalized spacial score (nSPS) is 24.6. The second-order valence-corrected chi connectivity index (χ2v) is 7.01. The molecule has 1 saturated heterocycles. The van der Waals surface area contributed by atoms with E-state index in [4.69, 9.17) is 0 Å². The van der Waals surface area contributed by atoms with E-state index >= 15 is 0 Å². The van der Waals surface area contributed by atoms with Gasteiger partial charge in [-0.1, -0.05) is 40.0 Å². The third-order valence-electron chi connectivity index (χ3n) is 4.48. The van der Waals surface area contributed by atoms with Crippen LogP contribution in [0.15, 0.2) is 0 Å². The molecule has 0 aliphatic carbocycles. The van der Waals surface area contributed by atoms with Crippen molar-refractivity contribution in [2.45, 2.75) is 78.7 Å². The molecule has 0 spiro atoms. The molecule has 1 rings (SSSR count). The van der Waals surface area contributed by atoms with Gasteiger partial charge in [-0.05, 0) is 45.1 Å². The van der Waals surface area contributed by atoms with Gasteiger partial charge in [0.2, 0.25) is 5.91 Å². The molecule has 0 aromatic rings. The highest BCUT2D eigenvalue weighted by Crippen LogP contribution is 2.32. The summed E-state index contributed by atoms with van der Waals surface area (Å²) in [5.41, 5.74) is -0.153. The third-order valence-corrected chi connectivity index (χ3v) is 4.48. The molecule has 1 aliphatic rings. The first kappa shape index (κ1) is 17.5. The zero-order valence-electron chi connectivity index (χ0n) is 13.9. The standard InChI is InChI=1S/C17H34N2O/c1-5-10-17(11-7-12-18-13-17)16(20)19-15(4)9-6-8-14(2)3/h14-15,18H,5-13H2,1-4H3,(H,19,20). The highest BCUT2D eigenvalue weighted by Gasteiger charge is 2.38. The highest BCUT2D eigenvalue weighted by atomic mass is 16.2. The second-order valence-electron chi connectivity index (χ2n) is 7.01. The number of amides is 1. The Balaban J connectivity index is 2.45. The lowest BCUT2D eigenvalue weighted by molar-refractivity contribution is -0.133. The molecule has 0 saturated carbocycles. The lowest BCUT2D eigenvalue weighted by Gasteiger charge is -2.37. The fourth-order valence-corrected chi connectivity index (χ4v) is 3.25. The largest absolute Gasteiger partial charge is 0.353 e. The number of piperidine rings is 1. The van der Waals surface area contributed by atoms with Crippen LogP contribution in [0.1, 0.15) is 72.6 Å². The maximum Gasteiger partial charge on any atom is 0.227 e. The summed E-state index contributed by atoms with van der Waals surface area (Å²) in [6.45, 7) is 10.7. The molecule has 0 bridgehead atoms. The van der Waals surface area contributed by atoms with E-state index in [1.54, 1.807) is 0 Å². The zero-order chi connectivity index (χ0) is 15.0. The molecule has 2 N–H and O–H groups in total. The maximum absolute atomic E-state index is 12.7. The molecule has 0 aromatic heterocycles. The van der Waals surface area contributed by atoms with E-state index in [0.717, 1.165) is 51.1 Å². The fraction of sp³-hybridized carbons (Fsp3) is 0.941. The summed E-state index contributed by atoms with van der Waals surface area (Å²) < 4.78 is 0. The molecule has 2 atom stereocenters. The average Bonchev–Trinajstić information content (AvgIpc) is 2.39. The van der Waals surface area contributed by atoms with Gasteiger partial charge in [0.25, 0.3) is 0 Å². The Morgan fingerprint density at radius 1 is 1.30 bits per heavy atom. The number of carbonyl (C=O) groups is 1. The molecule has 3 heteroatoms. The van der Waals surface area contributed by atoms with Crippen LogP contribution in [0.25, 0.3) is 0 Å². The molecule has 118 valence electrons. The smallest absolute Gasteiger partial charge is 0.227 e. The topological polar surface area (TPSA) is 41.1 Å². The Hall–Kier alpha value is -0.570. The van der Waals surface area contributed by atoms with Crippen molar-refractivity contribution in [1.29, 1.82) is 0 Å². The van der Waals surface area contributed by atoms with Crippen molar-refractivity contribution in [2.75, 3.05) is 13.1 Å². The molecule has 2 unspecified atom stereocenters. The Morgan fingerprint density at radius 3 is 2.60 bits per heavy atom. The van der Waals surface area contributed by atoms with Gasteiger partial charge in [0.15, 0.2) is 0 Å². The molecule has 1 heterocycles. The first-order chi connectivity index (χ1) is 9.50. The Labute approximate surface area is 125 Å². The Morgan fingerprint density at radius 2 is 2.05 bits per heavy atom. The van der Waals surface area contributed by atoms with Crippen molar-refractivity contribution in [3.8, 4) is 0 Å². The molecule has 3 nitrogen and oxygen atoms in total. The van der Waals surface area contributed by atoms with Crippen LogP contribution in [0, 0.1) is 11.3 Å². The molecule has 1 fully saturated rings. The van der Waals surface area contributed by atoms with Crippen LogP contribution in [0.4, 0.5) is 0 Å². The lowest BCUT2D eigenvalue weighted by atomic mass is 9.76. The van der Waals surface area contributed by atoms with Gasteiger partial charge in [0, 0.05) is 12.6 Å². The molecule has 20 heavy (non-hydrogen) atoms. The van der Waals surface area contributed by atoms with E-state index in [0.29, 0.717) is 6.04 Å². The molecule has 0 radical (unpaired) electrons. The summed E-state index contributed by atoms with van der Waals surface area (Å²) in [7, 11) is 0. The summed E-state index contributed by atoms with van der Waals surface area (Å²) in [5, 5.41) is 6.68. The highest BCUT2D eigenvalue weighted by molar-refractivity contribution is 5.83. The summed E-state index contributed by atoms with van der Waals surface area (Å²) in [4.78, 5) is 12.7. The second kappa shape index (κ2) is 8.66. The lowest BCUT2D eigenvalue weighted by Crippen LogP contribution is -2.52. The van der Waals surface area contributed by atoms with Crippen molar-refractivity contribution >= 4 is 5.91 Å². The van der Waals surface area contributed by atoms with E-state index in [9.17, 15) is 4.79 Å². The minimum atomic E-state index is -0.153. The van der Waals surface area contributed by atoms with Crippen LogP contribution in [-0.2, 0) is 4.79 Å². The average molecular weight is 282 g/mol. The fourth-order valence-electron chi connectivity index (χ4n) is 3.25. The Kier molecular flexibility index (Phi) is 7.57. The van der Waals surface area contributed by atoms with Gasteiger partial charge in [0.1, 0.15) is 0 Å². The number of hydrogen-bond acceptors (Lipinski definition) is 2. The van der Waals surface area contributed by atoms with E-state index < -0.39 is 0 Å². The minimum Gasteiger partial charge on any atom is -0.353 e. The van der Waals surface area contributed by atoms with E-state index in [1.807, 2.05) is 0 Å². The first-order valence-electron chi connectivity index (χ1n) is 8.52. The van der Waals surface area contributed by atoms with Gasteiger partial charge in [0.05, 0.1) is 5.41 Å². The number of hydrogen-bond donors (Lipinski definition) is 2. The van der Waals surface area contributed by atoms with Crippen molar-refractivity contribution in [3.05, 3.63) is 0 Å². The number of nitrogens with one attached hydrogen (secondary N) is 2. The maximum atomic E-state index is 12.7. The van der Waals surface area contributed by atoms with Crippen molar-refractivity contribution < 1.29 is 4.79 Å². The van der Waals surface area contributed by atoms with Crippen LogP contribution in [0.5, 0.6) is 0 Å². The summed E-state index contributed by atoms with van der Waals surface area (Å²) in [5.74, 6) is 1.04. The van der Waals surface area contributed by atoms with Gasteiger partial charge < -0.3 is 10.6 Å². The van der Waals surface area contributed by atoms with Gasteiger partial charge in [-0.3, -0.25) is 4.79 Å². The van der Waals surface area contributed by atoms with E-state index in [-0.39, 0.29) is 11.3 Å².